The number of carbonyl (C=O) groups excluding carboxylic acids is 1. The summed E-state index contributed by atoms with van der Waals surface area (Å²) in [6.07, 6.45) is 1.60. The average Bonchev–Trinajstić information content (AvgIpc) is 2.27. The molecule has 1 aromatic rings. The molecule has 1 amide bonds. The topological polar surface area (TPSA) is 32.3 Å². The lowest BCUT2D eigenvalue weighted by Gasteiger charge is -2.28. The van der Waals surface area contributed by atoms with Gasteiger partial charge in [-0.15, -0.1) is 0 Å². The number of carbonyl (C=O) groups is 1. The van der Waals surface area contributed by atoms with Gasteiger partial charge in [0.1, 0.15) is 0 Å². The van der Waals surface area contributed by atoms with Gasteiger partial charge in [0.25, 0.3) is 0 Å². The number of anilines is 1. The van der Waals surface area contributed by atoms with Gasteiger partial charge in [-0.2, -0.15) is 0 Å². The molecule has 1 fully saturated rings. The normalized spacial score (nSPS) is 17.8. The van der Waals surface area contributed by atoms with Crippen molar-refractivity contribution in [1.29, 1.82) is 0 Å². The molecule has 1 aliphatic rings. The molecule has 3 nitrogen and oxygen atoms in total. The minimum atomic E-state index is 0.231. The van der Waals surface area contributed by atoms with E-state index in [0.717, 1.165) is 31.7 Å². The molecular weight excluding hydrogens is 212 g/mol. The molecule has 0 aromatic heterocycles. The number of nitrogens with zero attached hydrogens (tertiary/aromatic N) is 1. The van der Waals surface area contributed by atoms with Crippen LogP contribution in [0.3, 0.4) is 0 Å². The zero-order valence-electron chi connectivity index (χ0n) is 10.6. The maximum absolute atomic E-state index is 12.2. The van der Waals surface area contributed by atoms with Crippen molar-refractivity contribution in [2.45, 2.75) is 26.7 Å². The first-order chi connectivity index (χ1) is 8.20. The Bertz CT molecular complexity index is 394. The fourth-order valence-electron chi connectivity index (χ4n) is 2.41. The molecule has 1 saturated heterocycles. The summed E-state index contributed by atoms with van der Waals surface area (Å²) in [6.45, 7) is 6.76. The van der Waals surface area contributed by atoms with Crippen molar-refractivity contribution >= 4 is 11.6 Å². The van der Waals surface area contributed by atoms with Crippen LogP contribution in [0.15, 0.2) is 18.2 Å². The molecule has 2 rings (SSSR count). The predicted molar refractivity (Wildman–Crippen MR) is 70.4 cm³/mol. The molecule has 1 aliphatic heterocycles. The van der Waals surface area contributed by atoms with E-state index in [4.69, 9.17) is 0 Å². The molecule has 0 unspecified atom stereocenters. The quantitative estimate of drug-likeness (QED) is 0.803. The molecule has 0 radical (unpaired) electrons. The van der Waals surface area contributed by atoms with Crippen molar-refractivity contribution in [1.82, 2.24) is 5.32 Å². The lowest BCUT2D eigenvalue weighted by molar-refractivity contribution is -0.118. The first kappa shape index (κ1) is 12.1. The molecule has 0 atom stereocenters. The third-order valence-corrected chi connectivity index (χ3v) is 3.26. The molecule has 1 heterocycles. The van der Waals surface area contributed by atoms with Crippen LogP contribution in [0.1, 0.15) is 24.0 Å². The van der Waals surface area contributed by atoms with Gasteiger partial charge in [-0.1, -0.05) is 18.2 Å². The Morgan fingerprint density at radius 1 is 1.18 bits per heavy atom. The van der Waals surface area contributed by atoms with Crippen LogP contribution in [-0.2, 0) is 4.79 Å². The van der Waals surface area contributed by atoms with Crippen molar-refractivity contribution in [3.05, 3.63) is 29.3 Å². The second kappa shape index (κ2) is 5.32. The Kier molecular flexibility index (Phi) is 3.79. The first-order valence-electron chi connectivity index (χ1n) is 6.27. The summed E-state index contributed by atoms with van der Waals surface area (Å²) in [5.74, 6) is 0.231. The number of nitrogens with one attached hydrogen (secondary N) is 1. The van der Waals surface area contributed by atoms with Crippen LogP contribution in [0.25, 0.3) is 0 Å². The molecule has 17 heavy (non-hydrogen) atoms. The monoisotopic (exact) mass is 232 g/mol. The third kappa shape index (κ3) is 2.67. The van der Waals surface area contributed by atoms with Gasteiger partial charge < -0.3 is 10.2 Å². The van der Waals surface area contributed by atoms with Crippen molar-refractivity contribution in [2.75, 3.05) is 24.5 Å². The summed E-state index contributed by atoms with van der Waals surface area (Å²) in [5, 5.41) is 3.27. The number of hydrogen-bond donors (Lipinski definition) is 1. The molecule has 0 saturated carbocycles. The fourth-order valence-corrected chi connectivity index (χ4v) is 2.41. The SMILES string of the molecule is Cc1cccc(C)c1N1CCCNCCC1=O. The molecular formula is C14H20N2O. The molecule has 1 aromatic carbocycles. The zero-order valence-corrected chi connectivity index (χ0v) is 10.6. The third-order valence-electron chi connectivity index (χ3n) is 3.26. The van der Waals surface area contributed by atoms with E-state index in [0.29, 0.717) is 6.42 Å². The number of rotatable bonds is 1. The Morgan fingerprint density at radius 2 is 1.88 bits per heavy atom. The number of hydrogen-bond acceptors (Lipinski definition) is 2. The highest BCUT2D eigenvalue weighted by atomic mass is 16.2. The van der Waals surface area contributed by atoms with Crippen molar-refractivity contribution in [3.63, 3.8) is 0 Å². The van der Waals surface area contributed by atoms with Gasteiger partial charge in [-0.05, 0) is 37.9 Å². The number of benzene rings is 1. The number of amides is 1. The van der Waals surface area contributed by atoms with Crippen LogP contribution in [-0.4, -0.2) is 25.5 Å². The summed E-state index contributed by atoms with van der Waals surface area (Å²) in [6, 6.07) is 6.20. The van der Waals surface area contributed by atoms with Gasteiger partial charge in [-0.3, -0.25) is 4.79 Å². The maximum Gasteiger partial charge on any atom is 0.228 e. The molecule has 0 spiro atoms. The summed E-state index contributed by atoms with van der Waals surface area (Å²) in [5.41, 5.74) is 3.48. The highest BCUT2D eigenvalue weighted by molar-refractivity contribution is 5.95. The number of para-hydroxylation sites is 1. The Balaban J connectivity index is 2.32. The lowest BCUT2D eigenvalue weighted by atomic mass is 10.1. The van der Waals surface area contributed by atoms with Crippen LogP contribution < -0.4 is 10.2 Å². The van der Waals surface area contributed by atoms with E-state index in [-0.39, 0.29) is 5.91 Å². The predicted octanol–water partition coefficient (Wildman–Crippen LogP) is 2.02. The maximum atomic E-state index is 12.2. The summed E-state index contributed by atoms with van der Waals surface area (Å²) < 4.78 is 0. The Labute approximate surface area is 103 Å². The molecule has 3 heteroatoms. The van der Waals surface area contributed by atoms with E-state index in [1.165, 1.54) is 11.1 Å². The van der Waals surface area contributed by atoms with E-state index in [9.17, 15) is 4.79 Å². The van der Waals surface area contributed by atoms with Crippen LogP contribution in [0, 0.1) is 13.8 Å². The zero-order chi connectivity index (χ0) is 12.3. The van der Waals surface area contributed by atoms with Gasteiger partial charge in [-0.25, -0.2) is 0 Å². The molecule has 0 bridgehead atoms. The number of aryl methyl sites for hydroxylation is 2. The van der Waals surface area contributed by atoms with E-state index >= 15 is 0 Å². The van der Waals surface area contributed by atoms with Crippen molar-refractivity contribution < 1.29 is 4.79 Å². The first-order valence-corrected chi connectivity index (χ1v) is 6.27. The second-order valence-corrected chi connectivity index (χ2v) is 4.64. The highest BCUT2D eigenvalue weighted by Crippen LogP contribution is 2.25. The fraction of sp³-hybridized carbons (Fsp3) is 0.500. The Morgan fingerprint density at radius 3 is 2.59 bits per heavy atom. The smallest absolute Gasteiger partial charge is 0.228 e. The highest BCUT2D eigenvalue weighted by Gasteiger charge is 2.19. The summed E-state index contributed by atoms with van der Waals surface area (Å²) in [4.78, 5) is 14.1. The average molecular weight is 232 g/mol. The van der Waals surface area contributed by atoms with Gasteiger partial charge in [0.15, 0.2) is 0 Å². The van der Waals surface area contributed by atoms with Crippen molar-refractivity contribution in [2.24, 2.45) is 0 Å². The summed E-state index contributed by atoms with van der Waals surface area (Å²) >= 11 is 0. The van der Waals surface area contributed by atoms with Crippen LogP contribution in [0.4, 0.5) is 5.69 Å². The van der Waals surface area contributed by atoms with Crippen LogP contribution in [0.2, 0.25) is 0 Å². The van der Waals surface area contributed by atoms with Crippen LogP contribution >= 0.6 is 0 Å². The minimum absolute atomic E-state index is 0.231. The van der Waals surface area contributed by atoms with Crippen molar-refractivity contribution in [3.8, 4) is 0 Å². The van der Waals surface area contributed by atoms with Crippen LogP contribution in [0.5, 0.6) is 0 Å². The summed E-state index contributed by atoms with van der Waals surface area (Å²) in [7, 11) is 0. The second-order valence-electron chi connectivity index (χ2n) is 4.64. The molecule has 0 aliphatic carbocycles. The van der Waals surface area contributed by atoms with E-state index in [2.05, 4.69) is 31.3 Å². The minimum Gasteiger partial charge on any atom is -0.316 e. The van der Waals surface area contributed by atoms with Gasteiger partial charge in [0.05, 0.1) is 0 Å². The lowest BCUT2D eigenvalue weighted by Crippen LogP contribution is -2.39. The molecule has 1 N–H and O–H groups in total. The van der Waals surface area contributed by atoms with E-state index in [1.54, 1.807) is 0 Å². The van der Waals surface area contributed by atoms with E-state index < -0.39 is 0 Å². The van der Waals surface area contributed by atoms with E-state index in [1.807, 2.05) is 11.0 Å². The largest absolute Gasteiger partial charge is 0.316 e. The van der Waals surface area contributed by atoms with Gasteiger partial charge in [0.2, 0.25) is 5.91 Å². The van der Waals surface area contributed by atoms with Gasteiger partial charge >= 0.3 is 0 Å². The molecule has 92 valence electrons. The van der Waals surface area contributed by atoms with Gasteiger partial charge in [0, 0.05) is 25.2 Å². The standard InChI is InChI=1S/C14H20N2O/c1-11-5-3-6-12(2)14(11)16-10-4-8-15-9-7-13(16)17/h3,5-6,15H,4,7-10H2,1-2H3. The Hall–Kier alpha value is -1.35.